The van der Waals surface area contributed by atoms with Gasteiger partial charge in [-0.2, -0.15) is 13.2 Å². The predicted molar refractivity (Wildman–Crippen MR) is 42.1 cm³/mol. The van der Waals surface area contributed by atoms with Gasteiger partial charge in [-0.3, -0.25) is 10.1 Å². The maximum atomic E-state index is 12.1. The van der Waals surface area contributed by atoms with E-state index in [4.69, 9.17) is 5.73 Å². The van der Waals surface area contributed by atoms with Crippen molar-refractivity contribution in [3.8, 4) is 0 Å². The van der Waals surface area contributed by atoms with Crippen molar-refractivity contribution >= 4 is 11.4 Å². The van der Waals surface area contributed by atoms with Crippen molar-refractivity contribution < 1.29 is 18.1 Å². The molecule has 0 aliphatic rings. The fourth-order valence-electron chi connectivity index (χ4n) is 0.859. The van der Waals surface area contributed by atoms with Gasteiger partial charge in [-0.05, 0) is 0 Å². The largest absolute Gasteiger partial charge is 0.693 e. The molecule has 1 aromatic rings. The Bertz CT molecular complexity index is 376. The van der Waals surface area contributed by atoms with Crippen LogP contribution in [0.1, 0.15) is 5.56 Å². The monoisotopic (exact) mass is 205 g/mol. The number of rotatable bonds is 1. The summed E-state index contributed by atoms with van der Waals surface area (Å²) in [7, 11) is 0. The lowest BCUT2D eigenvalue weighted by Gasteiger charge is -2.09. The van der Waals surface area contributed by atoms with Gasteiger partial charge in [-0.25, -0.2) is 0 Å². The molecule has 0 aromatic heterocycles. The van der Waals surface area contributed by atoms with E-state index in [1.807, 2.05) is 0 Å². The van der Waals surface area contributed by atoms with Crippen LogP contribution < -0.4 is 0 Å². The summed E-state index contributed by atoms with van der Waals surface area (Å²) in [6, 6.07) is 1.73. The van der Waals surface area contributed by atoms with Gasteiger partial charge in [0.2, 0.25) is 0 Å². The zero-order chi connectivity index (χ0) is 10.9. The Kier molecular flexibility index (Phi) is 2.33. The Morgan fingerprint density at radius 1 is 1.36 bits per heavy atom. The molecule has 0 heterocycles. The Labute approximate surface area is 76.3 Å². The molecular weight excluding hydrogens is 201 g/mol. The fourth-order valence-corrected chi connectivity index (χ4v) is 0.859. The van der Waals surface area contributed by atoms with E-state index < -0.39 is 28.0 Å². The van der Waals surface area contributed by atoms with Crippen LogP contribution in [0.4, 0.5) is 24.5 Å². The van der Waals surface area contributed by atoms with Crippen LogP contribution >= 0.6 is 0 Å². The Balaban J connectivity index is 3.27. The van der Waals surface area contributed by atoms with Crippen LogP contribution in [0.3, 0.4) is 0 Å². The molecule has 1 aromatic carbocycles. The van der Waals surface area contributed by atoms with Gasteiger partial charge in [0.25, 0.3) is 5.69 Å². The quantitative estimate of drug-likeness (QED) is 0.521. The highest BCUT2D eigenvalue weighted by atomic mass is 19.4. The maximum Gasteiger partial charge on any atom is 0.416 e. The van der Waals surface area contributed by atoms with Gasteiger partial charge in [0.15, 0.2) is 0 Å². The summed E-state index contributed by atoms with van der Waals surface area (Å²) in [5.74, 6) is 0. The van der Waals surface area contributed by atoms with Crippen molar-refractivity contribution in [2.45, 2.75) is 6.18 Å². The fraction of sp³-hybridized carbons (Fsp3) is 0.143. The number of halogens is 3. The Hall–Kier alpha value is -1.79. The number of nitro benzene ring substituents is 1. The van der Waals surface area contributed by atoms with Crippen LogP contribution in [0.15, 0.2) is 18.2 Å². The lowest BCUT2D eigenvalue weighted by atomic mass is 10.1. The van der Waals surface area contributed by atoms with Crippen LogP contribution in [-0.4, -0.2) is 4.92 Å². The van der Waals surface area contributed by atoms with Crippen molar-refractivity contribution in [3.63, 3.8) is 0 Å². The van der Waals surface area contributed by atoms with Gasteiger partial charge in [-0.1, -0.05) is 17.8 Å². The molecular formula is C7H4F3N2O2-. The molecule has 0 amide bonds. The highest BCUT2D eigenvalue weighted by molar-refractivity contribution is 5.62. The van der Waals surface area contributed by atoms with E-state index in [0.717, 1.165) is 6.07 Å². The number of alkyl halides is 3. The van der Waals surface area contributed by atoms with E-state index in [2.05, 4.69) is 0 Å². The first-order valence-electron chi connectivity index (χ1n) is 3.39. The molecule has 0 radical (unpaired) electrons. The molecule has 0 fully saturated rings. The summed E-state index contributed by atoms with van der Waals surface area (Å²) in [6.07, 6.45) is -4.63. The summed E-state index contributed by atoms with van der Waals surface area (Å²) < 4.78 is 36.2. The molecule has 0 aliphatic carbocycles. The molecule has 0 aliphatic heterocycles. The van der Waals surface area contributed by atoms with Gasteiger partial charge in [-0.15, -0.1) is 0 Å². The van der Waals surface area contributed by atoms with Crippen molar-refractivity contribution in [2.24, 2.45) is 0 Å². The Morgan fingerprint density at radius 3 is 2.36 bits per heavy atom. The number of nitro groups is 1. The molecule has 0 bridgehead atoms. The number of hydrogen-bond acceptors (Lipinski definition) is 2. The molecule has 0 atom stereocenters. The molecule has 7 heteroatoms. The molecule has 14 heavy (non-hydrogen) atoms. The number of nitrogens with one attached hydrogen (secondary N) is 1. The second-order valence-electron chi connectivity index (χ2n) is 2.49. The molecule has 1 N–H and O–H groups in total. The van der Waals surface area contributed by atoms with E-state index in [1.165, 1.54) is 0 Å². The summed E-state index contributed by atoms with van der Waals surface area (Å²) in [4.78, 5) is 9.20. The van der Waals surface area contributed by atoms with Crippen LogP contribution in [0, 0.1) is 10.1 Å². The average Bonchev–Trinajstić information content (AvgIpc) is 2.02. The molecule has 0 unspecified atom stereocenters. The predicted octanol–water partition coefficient (Wildman–Crippen LogP) is 3.30. The highest BCUT2D eigenvalue weighted by Crippen LogP contribution is 2.35. The molecule has 1 rings (SSSR count). The van der Waals surface area contributed by atoms with E-state index in [1.54, 1.807) is 0 Å². The SMILES string of the molecule is [NH-]c1ccc(C(F)(F)F)cc1[N+](=O)[O-]. The van der Waals surface area contributed by atoms with E-state index in [0.29, 0.717) is 12.1 Å². The van der Waals surface area contributed by atoms with Crippen molar-refractivity contribution in [2.75, 3.05) is 0 Å². The third kappa shape index (κ3) is 1.93. The lowest BCUT2D eigenvalue weighted by molar-refractivity contribution is -0.384. The van der Waals surface area contributed by atoms with Crippen molar-refractivity contribution in [3.05, 3.63) is 39.6 Å². The lowest BCUT2D eigenvalue weighted by Crippen LogP contribution is -2.05. The summed E-state index contributed by atoms with van der Waals surface area (Å²) in [5.41, 5.74) is 4.48. The average molecular weight is 205 g/mol. The standard InChI is InChI=1S/C7H4F3N2O2/c8-7(9,10)4-1-2-5(11)6(3-4)12(13)14/h1-3,11H/q-1. The third-order valence-electron chi connectivity index (χ3n) is 1.52. The first kappa shape index (κ1) is 10.3. The van der Waals surface area contributed by atoms with E-state index in [9.17, 15) is 23.3 Å². The van der Waals surface area contributed by atoms with Crippen LogP contribution in [-0.2, 0) is 6.18 Å². The second kappa shape index (κ2) is 3.17. The smallest absolute Gasteiger partial charge is 0.416 e. The summed E-state index contributed by atoms with van der Waals surface area (Å²) >= 11 is 0. The van der Waals surface area contributed by atoms with Crippen LogP contribution in [0.25, 0.3) is 5.73 Å². The van der Waals surface area contributed by atoms with E-state index in [-0.39, 0.29) is 0 Å². The highest BCUT2D eigenvalue weighted by Gasteiger charge is 2.31. The first-order chi connectivity index (χ1) is 6.32. The molecule has 0 saturated heterocycles. The second-order valence-corrected chi connectivity index (χ2v) is 2.49. The zero-order valence-corrected chi connectivity index (χ0v) is 6.63. The van der Waals surface area contributed by atoms with Gasteiger partial charge in [0.1, 0.15) is 0 Å². The van der Waals surface area contributed by atoms with Gasteiger partial charge in [0, 0.05) is 6.07 Å². The molecule has 76 valence electrons. The third-order valence-corrected chi connectivity index (χ3v) is 1.52. The number of benzene rings is 1. The van der Waals surface area contributed by atoms with Crippen molar-refractivity contribution in [1.82, 2.24) is 0 Å². The minimum absolute atomic E-state index is 0.350. The first-order valence-corrected chi connectivity index (χ1v) is 3.39. The Morgan fingerprint density at radius 2 is 1.93 bits per heavy atom. The summed E-state index contributed by atoms with van der Waals surface area (Å²) in [5, 5.41) is 10.2. The normalized spacial score (nSPS) is 11.4. The molecule has 0 saturated carbocycles. The molecule has 0 spiro atoms. The topological polar surface area (TPSA) is 66.9 Å². The van der Waals surface area contributed by atoms with Gasteiger partial charge in [0.05, 0.1) is 10.5 Å². The number of hydrogen-bond donors (Lipinski definition) is 0. The summed E-state index contributed by atoms with van der Waals surface area (Å²) in [6.45, 7) is 0. The minimum atomic E-state index is -4.63. The van der Waals surface area contributed by atoms with Gasteiger partial charge < -0.3 is 5.73 Å². The van der Waals surface area contributed by atoms with Crippen molar-refractivity contribution in [1.29, 1.82) is 0 Å². The van der Waals surface area contributed by atoms with Crippen LogP contribution in [0.2, 0.25) is 0 Å². The zero-order valence-electron chi connectivity index (χ0n) is 6.63. The molecule has 4 nitrogen and oxygen atoms in total. The number of nitrogens with zero attached hydrogens (tertiary/aromatic N) is 1. The van der Waals surface area contributed by atoms with Crippen LogP contribution in [0.5, 0.6) is 0 Å². The van der Waals surface area contributed by atoms with E-state index >= 15 is 0 Å². The van der Waals surface area contributed by atoms with Gasteiger partial charge >= 0.3 is 6.18 Å². The minimum Gasteiger partial charge on any atom is -0.693 e. The maximum absolute atomic E-state index is 12.1.